The highest BCUT2D eigenvalue weighted by Gasteiger charge is 2.06. The normalized spacial score (nSPS) is 9.83. The van der Waals surface area contributed by atoms with Gasteiger partial charge in [0.2, 0.25) is 0 Å². The number of nitrogens with zero attached hydrogens (tertiary/aromatic N) is 1. The number of ether oxygens (including phenoxy) is 1. The molecule has 0 atom stereocenters. The van der Waals surface area contributed by atoms with Gasteiger partial charge >= 0.3 is 0 Å². The first kappa shape index (κ1) is 12.4. The number of nitriles is 1. The van der Waals surface area contributed by atoms with Crippen LogP contribution in [0.4, 0.5) is 10.1 Å². The molecule has 0 saturated carbocycles. The number of hydrogen-bond acceptors (Lipinski definition) is 3. The van der Waals surface area contributed by atoms with Crippen molar-refractivity contribution in [2.45, 2.75) is 0 Å². The molecule has 0 amide bonds. The monoisotopic (exact) mass is 306 g/mol. The van der Waals surface area contributed by atoms with Crippen LogP contribution in [-0.2, 0) is 0 Å². The summed E-state index contributed by atoms with van der Waals surface area (Å²) in [4.78, 5) is 0. The predicted octanol–water partition coefficient (Wildman–Crippen LogP) is 3.83. The summed E-state index contributed by atoms with van der Waals surface area (Å²) < 4.78 is 19.0. The number of nitrogen functional groups attached to an aromatic ring is 1. The van der Waals surface area contributed by atoms with Gasteiger partial charge in [-0.1, -0.05) is 0 Å². The van der Waals surface area contributed by atoms with E-state index in [4.69, 9.17) is 15.7 Å². The Morgan fingerprint density at radius 3 is 2.61 bits per heavy atom. The smallest absolute Gasteiger partial charge is 0.150 e. The summed E-state index contributed by atoms with van der Waals surface area (Å²) in [5.41, 5.74) is 6.36. The lowest BCUT2D eigenvalue weighted by atomic mass is 10.2. The molecule has 0 fully saturated rings. The Hall–Kier alpha value is -2.06. The molecule has 2 N–H and O–H groups in total. The summed E-state index contributed by atoms with van der Waals surface area (Å²) in [6.07, 6.45) is 0. The van der Waals surface area contributed by atoms with Gasteiger partial charge in [0.05, 0.1) is 11.3 Å². The average Bonchev–Trinajstić information content (AvgIpc) is 2.33. The van der Waals surface area contributed by atoms with Crippen LogP contribution >= 0.6 is 15.9 Å². The molecule has 0 aromatic heterocycles. The van der Waals surface area contributed by atoms with Crippen LogP contribution in [0.1, 0.15) is 5.56 Å². The van der Waals surface area contributed by atoms with Crippen molar-refractivity contribution < 1.29 is 9.13 Å². The van der Waals surface area contributed by atoms with Crippen molar-refractivity contribution in [2.24, 2.45) is 0 Å². The molecule has 0 spiro atoms. The van der Waals surface area contributed by atoms with Crippen molar-refractivity contribution in [2.75, 3.05) is 5.73 Å². The van der Waals surface area contributed by atoms with Crippen molar-refractivity contribution in [3.8, 4) is 17.6 Å². The third-order valence-corrected chi connectivity index (χ3v) is 2.92. The van der Waals surface area contributed by atoms with Crippen molar-refractivity contribution in [3.63, 3.8) is 0 Å². The van der Waals surface area contributed by atoms with Gasteiger partial charge < -0.3 is 10.5 Å². The molecule has 2 aromatic rings. The zero-order chi connectivity index (χ0) is 13.1. The Morgan fingerprint density at radius 1 is 1.22 bits per heavy atom. The molecule has 2 aromatic carbocycles. The Morgan fingerprint density at radius 2 is 2.00 bits per heavy atom. The van der Waals surface area contributed by atoms with E-state index in [0.29, 0.717) is 21.5 Å². The fourth-order valence-electron chi connectivity index (χ4n) is 1.39. The van der Waals surface area contributed by atoms with Gasteiger partial charge in [-0.3, -0.25) is 0 Å². The molecule has 90 valence electrons. The highest BCUT2D eigenvalue weighted by Crippen LogP contribution is 2.30. The van der Waals surface area contributed by atoms with E-state index < -0.39 is 5.82 Å². The largest absolute Gasteiger partial charge is 0.455 e. The number of hydrogen-bond donors (Lipinski definition) is 1. The van der Waals surface area contributed by atoms with Crippen LogP contribution in [0, 0.1) is 17.1 Å². The number of rotatable bonds is 2. The van der Waals surface area contributed by atoms with Crippen LogP contribution in [0.15, 0.2) is 40.9 Å². The van der Waals surface area contributed by atoms with E-state index in [-0.39, 0.29) is 5.69 Å². The van der Waals surface area contributed by atoms with Crippen molar-refractivity contribution in [3.05, 3.63) is 52.3 Å². The van der Waals surface area contributed by atoms with Crippen molar-refractivity contribution in [1.82, 2.24) is 0 Å². The molecule has 3 nitrogen and oxygen atoms in total. The Kier molecular flexibility index (Phi) is 3.49. The van der Waals surface area contributed by atoms with Crippen LogP contribution in [0.2, 0.25) is 0 Å². The van der Waals surface area contributed by atoms with Crippen LogP contribution in [0.5, 0.6) is 11.5 Å². The third-order valence-electron chi connectivity index (χ3n) is 2.26. The molecular formula is C13H8BrFN2O. The average molecular weight is 307 g/mol. The maximum Gasteiger partial charge on any atom is 0.150 e. The van der Waals surface area contributed by atoms with E-state index in [0.717, 1.165) is 0 Å². The van der Waals surface area contributed by atoms with E-state index in [1.165, 1.54) is 18.2 Å². The summed E-state index contributed by atoms with van der Waals surface area (Å²) in [6.45, 7) is 0. The zero-order valence-electron chi connectivity index (χ0n) is 9.15. The summed E-state index contributed by atoms with van der Waals surface area (Å²) in [6, 6.07) is 10.9. The molecule has 0 saturated heterocycles. The second-order valence-corrected chi connectivity index (χ2v) is 4.39. The number of anilines is 1. The fraction of sp³-hybridized carbons (Fsp3) is 0. The SMILES string of the molecule is N#Cc1ccc(Oc2ccc(F)cc2N)cc1Br. The van der Waals surface area contributed by atoms with Crippen molar-refractivity contribution in [1.29, 1.82) is 5.26 Å². The third kappa shape index (κ3) is 2.60. The molecule has 2 rings (SSSR count). The van der Waals surface area contributed by atoms with Crippen LogP contribution in [0.3, 0.4) is 0 Å². The lowest BCUT2D eigenvalue weighted by molar-refractivity contribution is 0.483. The molecular weight excluding hydrogens is 299 g/mol. The molecule has 18 heavy (non-hydrogen) atoms. The van der Waals surface area contributed by atoms with Gasteiger partial charge in [-0.25, -0.2) is 4.39 Å². The molecule has 0 aliphatic rings. The Bertz CT molecular complexity index is 637. The van der Waals surface area contributed by atoms with Crippen LogP contribution in [0.25, 0.3) is 0 Å². The minimum absolute atomic E-state index is 0.218. The van der Waals surface area contributed by atoms with Gasteiger partial charge in [-0.05, 0) is 46.3 Å². The quantitative estimate of drug-likeness (QED) is 0.858. The summed E-state index contributed by atoms with van der Waals surface area (Å²) >= 11 is 3.26. The summed E-state index contributed by atoms with van der Waals surface area (Å²) in [5, 5.41) is 8.79. The summed E-state index contributed by atoms with van der Waals surface area (Å²) in [5.74, 6) is 0.466. The van der Waals surface area contributed by atoms with Gasteiger partial charge in [0.1, 0.15) is 17.6 Å². The molecule has 0 unspecified atom stereocenters. The maximum absolute atomic E-state index is 12.9. The van der Waals surface area contributed by atoms with Crippen molar-refractivity contribution >= 4 is 21.6 Å². The minimum atomic E-state index is -0.416. The van der Waals surface area contributed by atoms with Gasteiger partial charge in [-0.2, -0.15) is 5.26 Å². The zero-order valence-corrected chi connectivity index (χ0v) is 10.7. The van der Waals surface area contributed by atoms with Crippen LogP contribution in [-0.4, -0.2) is 0 Å². The molecule has 0 bridgehead atoms. The second-order valence-electron chi connectivity index (χ2n) is 3.54. The Balaban J connectivity index is 2.29. The summed E-state index contributed by atoms with van der Waals surface area (Å²) in [7, 11) is 0. The molecule has 0 aliphatic carbocycles. The van der Waals surface area contributed by atoms with E-state index in [1.807, 2.05) is 6.07 Å². The highest BCUT2D eigenvalue weighted by atomic mass is 79.9. The Labute approximate surface area is 112 Å². The van der Waals surface area contributed by atoms with E-state index >= 15 is 0 Å². The molecule has 0 radical (unpaired) electrons. The first-order chi connectivity index (χ1) is 8.60. The topological polar surface area (TPSA) is 59.0 Å². The first-order valence-corrected chi connectivity index (χ1v) is 5.82. The van der Waals surface area contributed by atoms with E-state index in [1.54, 1.807) is 18.2 Å². The van der Waals surface area contributed by atoms with E-state index in [2.05, 4.69) is 15.9 Å². The lowest BCUT2D eigenvalue weighted by Crippen LogP contribution is -1.93. The van der Waals surface area contributed by atoms with Crippen LogP contribution < -0.4 is 10.5 Å². The minimum Gasteiger partial charge on any atom is -0.455 e. The van der Waals surface area contributed by atoms with Gasteiger partial charge in [-0.15, -0.1) is 0 Å². The first-order valence-electron chi connectivity index (χ1n) is 5.02. The predicted molar refractivity (Wildman–Crippen MR) is 69.7 cm³/mol. The molecule has 5 heteroatoms. The second kappa shape index (κ2) is 5.07. The van der Waals surface area contributed by atoms with Gasteiger partial charge in [0, 0.05) is 10.5 Å². The van der Waals surface area contributed by atoms with Gasteiger partial charge in [0.25, 0.3) is 0 Å². The standard InChI is InChI=1S/C13H8BrFN2O/c14-11-6-10(3-1-8(11)7-16)18-13-4-2-9(15)5-12(13)17/h1-6H,17H2. The number of halogens is 2. The van der Waals surface area contributed by atoms with E-state index in [9.17, 15) is 4.39 Å². The maximum atomic E-state index is 12.9. The highest BCUT2D eigenvalue weighted by molar-refractivity contribution is 9.10. The number of nitrogens with two attached hydrogens (primary N) is 1. The fourth-order valence-corrected chi connectivity index (χ4v) is 1.84. The van der Waals surface area contributed by atoms with Gasteiger partial charge in [0.15, 0.2) is 5.75 Å². The lowest BCUT2D eigenvalue weighted by Gasteiger charge is -2.09. The molecule has 0 heterocycles. The number of benzene rings is 2. The molecule has 0 aliphatic heterocycles.